The number of methoxy groups -OCH3 is 1. The Hall–Kier alpha value is -1.64. The minimum atomic E-state index is -3.60. The quantitative estimate of drug-likeness (QED) is 0.688. The lowest BCUT2D eigenvalue weighted by Gasteiger charge is -2.29. The molecular weight excluding hydrogens is 366 g/mol. The number of hydrogen-bond acceptors (Lipinski definition) is 4. The van der Waals surface area contributed by atoms with E-state index in [1.165, 1.54) is 34.9 Å². The number of piperidine rings is 1. The van der Waals surface area contributed by atoms with Crippen molar-refractivity contribution in [1.82, 2.24) is 4.31 Å². The van der Waals surface area contributed by atoms with Gasteiger partial charge in [0.25, 0.3) is 5.91 Å². The summed E-state index contributed by atoms with van der Waals surface area (Å²) < 4.78 is 32.2. The molecular formula is C19H32N3O4S+. The number of nitrogens with zero attached hydrogens (tertiary/aromatic N) is 1. The maximum Gasteiger partial charge on any atom is 0.279 e. The number of sulfonamides is 1. The third kappa shape index (κ3) is 5.21. The molecule has 2 rings (SSSR count). The fourth-order valence-corrected chi connectivity index (χ4v) is 5.06. The maximum absolute atomic E-state index is 12.8. The van der Waals surface area contributed by atoms with Gasteiger partial charge in [-0.2, -0.15) is 4.31 Å². The summed E-state index contributed by atoms with van der Waals surface area (Å²) in [6.45, 7) is 7.91. The Morgan fingerprint density at radius 2 is 2.00 bits per heavy atom. The van der Waals surface area contributed by atoms with Gasteiger partial charge in [0.15, 0.2) is 6.54 Å². The molecule has 27 heavy (non-hydrogen) atoms. The molecule has 1 aliphatic heterocycles. The summed E-state index contributed by atoms with van der Waals surface area (Å²) in [6.07, 6.45) is 3.47. The Morgan fingerprint density at radius 1 is 1.30 bits per heavy atom. The number of amides is 1. The number of hydrogen-bond donors (Lipinski definition) is 2. The zero-order valence-corrected chi connectivity index (χ0v) is 17.6. The average molecular weight is 399 g/mol. The summed E-state index contributed by atoms with van der Waals surface area (Å²) in [4.78, 5) is 14.0. The smallest absolute Gasteiger partial charge is 0.279 e. The molecule has 1 heterocycles. The van der Waals surface area contributed by atoms with Crippen molar-refractivity contribution in [2.45, 2.75) is 51.0 Å². The van der Waals surface area contributed by atoms with Gasteiger partial charge < -0.3 is 15.0 Å². The van der Waals surface area contributed by atoms with Crippen molar-refractivity contribution in [3.8, 4) is 5.75 Å². The Balaban J connectivity index is 2.21. The number of benzene rings is 1. The van der Waals surface area contributed by atoms with Crippen LogP contribution in [0.4, 0.5) is 5.69 Å². The number of carbonyl (C=O) groups is 1. The number of rotatable bonds is 8. The molecule has 8 heteroatoms. The van der Waals surface area contributed by atoms with Crippen molar-refractivity contribution in [2.24, 2.45) is 0 Å². The van der Waals surface area contributed by atoms with Crippen LogP contribution in [0, 0.1) is 0 Å². The van der Waals surface area contributed by atoms with Gasteiger partial charge in [0.05, 0.1) is 30.3 Å². The minimum Gasteiger partial charge on any atom is -0.495 e. The lowest BCUT2D eigenvalue weighted by molar-refractivity contribution is -0.920. The summed E-state index contributed by atoms with van der Waals surface area (Å²) >= 11 is 0. The van der Waals surface area contributed by atoms with E-state index < -0.39 is 10.0 Å². The highest BCUT2D eigenvalue weighted by atomic mass is 32.2. The maximum atomic E-state index is 12.8. The first-order valence-electron chi connectivity index (χ1n) is 9.66. The third-order valence-electron chi connectivity index (χ3n) is 5.26. The molecule has 1 fully saturated rings. The minimum absolute atomic E-state index is 0.130. The molecule has 152 valence electrons. The molecule has 1 unspecified atom stereocenters. The molecule has 7 nitrogen and oxygen atoms in total. The molecule has 0 spiro atoms. The van der Waals surface area contributed by atoms with Crippen LogP contribution in [0.15, 0.2) is 23.1 Å². The molecule has 1 saturated heterocycles. The van der Waals surface area contributed by atoms with Crippen LogP contribution in [-0.2, 0) is 14.8 Å². The molecule has 1 amide bonds. The number of carbonyl (C=O) groups excluding carboxylic acids is 1. The molecule has 0 bridgehead atoms. The molecule has 0 saturated carbocycles. The lowest BCUT2D eigenvalue weighted by atomic mass is 10.0. The number of quaternary nitrogens is 1. The SMILES string of the molecule is CCN(CC)S(=O)(=O)c1ccc(OC)c(NC(=O)C[NH+]2CCCC[C@@H]2C)c1. The zero-order valence-electron chi connectivity index (χ0n) is 16.7. The number of nitrogens with one attached hydrogen (secondary N) is 2. The average Bonchev–Trinajstić information content (AvgIpc) is 2.64. The highest BCUT2D eigenvalue weighted by Crippen LogP contribution is 2.28. The highest BCUT2D eigenvalue weighted by molar-refractivity contribution is 7.89. The molecule has 1 aromatic carbocycles. The van der Waals surface area contributed by atoms with Crippen LogP contribution in [0.25, 0.3) is 0 Å². The summed E-state index contributed by atoms with van der Waals surface area (Å²) in [5.41, 5.74) is 0.389. The Kier molecular flexibility index (Phi) is 7.64. The van der Waals surface area contributed by atoms with Crippen LogP contribution >= 0.6 is 0 Å². The first-order chi connectivity index (χ1) is 12.8. The van der Waals surface area contributed by atoms with Crippen molar-refractivity contribution in [1.29, 1.82) is 0 Å². The number of ether oxygens (including phenoxy) is 1. The Bertz CT molecular complexity index is 747. The first-order valence-corrected chi connectivity index (χ1v) is 11.1. The van der Waals surface area contributed by atoms with Crippen molar-refractivity contribution in [2.75, 3.05) is 38.6 Å². The van der Waals surface area contributed by atoms with E-state index in [0.717, 1.165) is 19.4 Å². The van der Waals surface area contributed by atoms with E-state index >= 15 is 0 Å². The van der Waals surface area contributed by atoms with E-state index in [-0.39, 0.29) is 10.8 Å². The molecule has 2 atom stereocenters. The van der Waals surface area contributed by atoms with Gasteiger partial charge in [-0.3, -0.25) is 4.79 Å². The van der Waals surface area contributed by atoms with Crippen molar-refractivity contribution in [3.05, 3.63) is 18.2 Å². The van der Waals surface area contributed by atoms with Crippen LogP contribution < -0.4 is 15.0 Å². The lowest BCUT2D eigenvalue weighted by Crippen LogP contribution is -3.17. The summed E-state index contributed by atoms with van der Waals surface area (Å²) in [7, 11) is -2.10. The molecule has 0 aliphatic carbocycles. The second kappa shape index (κ2) is 9.52. The van der Waals surface area contributed by atoms with Gasteiger partial charge in [0, 0.05) is 13.1 Å². The van der Waals surface area contributed by atoms with Crippen molar-refractivity contribution >= 4 is 21.6 Å². The van der Waals surface area contributed by atoms with E-state index in [1.54, 1.807) is 19.9 Å². The number of likely N-dealkylation sites (tertiary alicyclic amines) is 1. The molecule has 1 aromatic rings. The normalized spacial score (nSPS) is 20.5. The molecule has 1 aliphatic rings. The van der Waals surface area contributed by atoms with Crippen LogP contribution in [-0.4, -0.2) is 58.0 Å². The highest BCUT2D eigenvalue weighted by Gasteiger charge is 2.26. The second-order valence-corrected chi connectivity index (χ2v) is 8.92. The van der Waals surface area contributed by atoms with E-state index in [1.807, 2.05) is 0 Å². The van der Waals surface area contributed by atoms with Gasteiger partial charge in [0.2, 0.25) is 10.0 Å². The third-order valence-corrected chi connectivity index (χ3v) is 7.30. The van der Waals surface area contributed by atoms with Gasteiger partial charge in [-0.15, -0.1) is 0 Å². The van der Waals surface area contributed by atoms with Gasteiger partial charge in [-0.25, -0.2) is 8.42 Å². The van der Waals surface area contributed by atoms with Crippen LogP contribution in [0.3, 0.4) is 0 Å². The summed E-state index contributed by atoms with van der Waals surface area (Å²) in [5.74, 6) is 0.318. The van der Waals surface area contributed by atoms with Crippen LogP contribution in [0.1, 0.15) is 40.0 Å². The van der Waals surface area contributed by atoms with E-state index in [0.29, 0.717) is 37.1 Å². The van der Waals surface area contributed by atoms with Crippen LogP contribution in [0.5, 0.6) is 5.75 Å². The molecule has 2 N–H and O–H groups in total. The van der Waals surface area contributed by atoms with E-state index in [9.17, 15) is 13.2 Å². The van der Waals surface area contributed by atoms with Crippen molar-refractivity contribution < 1.29 is 22.8 Å². The monoisotopic (exact) mass is 398 g/mol. The van der Waals surface area contributed by atoms with Gasteiger partial charge in [-0.05, 0) is 44.4 Å². The fourth-order valence-electron chi connectivity index (χ4n) is 3.57. The zero-order chi connectivity index (χ0) is 20.0. The first kappa shape index (κ1) is 21.7. The predicted molar refractivity (Wildman–Crippen MR) is 106 cm³/mol. The second-order valence-electron chi connectivity index (χ2n) is 6.98. The van der Waals surface area contributed by atoms with E-state index in [4.69, 9.17) is 4.74 Å². The van der Waals surface area contributed by atoms with Gasteiger partial charge >= 0.3 is 0 Å². The van der Waals surface area contributed by atoms with Crippen molar-refractivity contribution in [3.63, 3.8) is 0 Å². The standard InChI is InChI=1S/C19H31N3O4S/c1-5-22(6-2)27(24,25)16-10-11-18(26-4)17(13-16)20-19(23)14-21-12-8-7-9-15(21)3/h10-11,13,15H,5-9,12,14H2,1-4H3,(H,20,23)/p+1/t15-/m0/s1. The summed E-state index contributed by atoms with van der Waals surface area (Å²) in [6, 6.07) is 5.04. The van der Waals surface area contributed by atoms with E-state index in [2.05, 4.69) is 12.2 Å². The largest absolute Gasteiger partial charge is 0.495 e. The predicted octanol–water partition coefficient (Wildman–Crippen LogP) is 1.12. The summed E-state index contributed by atoms with van der Waals surface area (Å²) in [5, 5.41) is 2.85. The van der Waals surface area contributed by atoms with Gasteiger partial charge in [-0.1, -0.05) is 13.8 Å². The number of anilines is 1. The van der Waals surface area contributed by atoms with Gasteiger partial charge in [0.1, 0.15) is 5.75 Å². The fraction of sp³-hybridized carbons (Fsp3) is 0.632. The van der Waals surface area contributed by atoms with Crippen LogP contribution in [0.2, 0.25) is 0 Å². The molecule has 0 aromatic heterocycles. The topological polar surface area (TPSA) is 80.2 Å². The Labute approximate surface area is 162 Å². The Morgan fingerprint density at radius 3 is 2.59 bits per heavy atom. The molecule has 0 radical (unpaired) electrons.